The summed E-state index contributed by atoms with van der Waals surface area (Å²) in [6.07, 6.45) is 6.50. The first-order valence-corrected chi connectivity index (χ1v) is 8.97. The summed E-state index contributed by atoms with van der Waals surface area (Å²) >= 11 is 0. The van der Waals surface area contributed by atoms with Crippen LogP contribution in [0, 0.1) is 0 Å². The maximum absolute atomic E-state index is 5.63. The van der Waals surface area contributed by atoms with Crippen molar-refractivity contribution in [2.45, 2.75) is 32.9 Å². The molecule has 0 saturated heterocycles. The number of aliphatic imine (C=N–C) groups is 1. The van der Waals surface area contributed by atoms with E-state index in [9.17, 15) is 0 Å². The van der Waals surface area contributed by atoms with E-state index >= 15 is 0 Å². The van der Waals surface area contributed by atoms with Gasteiger partial charge in [-0.2, -0.15) is 5.10 Å². The monoisotopic (exact) mass is 474 g/mol. The lowest BCUT2D eigenvalue weighted by Crippen LogP contribution is -2.43. The van der Waals surface area contributed by atoms with Crippen LogP contribution in [0.4, 0.5) is 0 Å². The van der Waals surface area contributed by atoms with Gasteiger partial charge >= 0.3 is 0 Å². The highest BCUT2D eigenvalue weighted by molar-refractivity contribution is 14.0. The molecule has 0 aliphatic carbocycles. The van der Waals surface area contributed by atoms with Gasteiger partial charge < -0.3 is 15.1 Å². The molecule has 1 unspecified atom stereocenters. The Balaban J connectivity index is 0.00000338. The van der Waals surface area contributed by atoms with Gasteiger partial charge in [0, 0.05) is 39.1 Å². The van der Waals surface area contributed by atoms with Gasteiger partial charge in [-0.15, -0.1) is 24.0 Å². The summed E-state index contributed by atoms with van der Waals surface area (Å²) < 4.78 is 7.57. The first-order valence-electron chi connectivity index (χ1n) is 8.97. The quantitative estimate of drug-likeness (QED) is 0.240. The van der Waals surface area contributed by atoms with Gasteiger partial charge in [0.1, 0.15) is 5.76 Å². The lowest BCUT2D eigenvalue weighted by Gasteiger charge is -2.28. The third-order valence-electron chi connectivity index (χ3n) is 4.23. The Kier molecular flexibility index (Phi) is 11.0. The smallest absolute Gasteiger partial charge is 0.191 e. The molecule has 0 saturated carbocycles. The highest BCUT2D eigenvalue weighted by Gasteiger charge is 2.20. The molecule has 0 bridgehead atoms. The lowest BCUT2D eigenvalue weighted by atomic mass is 10.2. The van der Waals surface area contributed by atoms with Crippen LogP contribution in [0.15, 0.2) is 46.3 Å². The van der Waals surface area contributed by atoms with Gasteiger partial charge in [0.25, 0.3) is 0 Å². The molecular weight excluding hydrogens is 443 g/mol. The zero-order chi connectivity index (χ0) is 17.9. The molecule has 2 rings (SSSR count). The molecule has 2 aromatic heterocycles. The molecule has 0 spiro atoms. The van der Waals surface area contributed by atoms with Crippen molar-refractivity contribution in [2.24, 2.45) is 4.99 Å². The van der Waals surface area contributed by atoms with Crippen LogP contribution >= 0.6 is 24.0 Å². The molecular formula is C18H31IN6O. The van der Waals surface area contributed by atoms with Crippen molar-refractivity contribution >= 4 is 29.9 Å². The minimum absolute atomic E-state index is 0. The number of hydrogen-bond donors (Lipinski definition) is 2. The van der Waals surface area contributed by atoms with E-state index in [1.165, 1.54) is 0 Å². The number of rotatable bonds is 10. The summed E-state index contributed by atoms with van der Waals surface area (Å²) in [5, 5.41) is 11.0. The first kappa shape index (κ1) is 22.5. The van der Waals surface area contributed by atoms with Gasteiger partial charge in [-0.3, -0.25) is 14.6 Å². The molecule has 0 fully saturated rings. The van der Waals surface area contributed by atoms with Gasteiger partial charge in [0.05, 0.1) is 12.3 Å². The number of nitrogens with one attached hydrogen (secondary N) is 2. The maximum atomic E-state index is 5.63. The van der Waals surface area contributed by atoms with E-state index in [0.29, 0.717) is 0 Å². The number of likely N-dealkylation sites (N-methyl/N-ethyl adjacent to an activating group) is 1. The van der Waals surface area contributed by atoms with E-state index in [0.717, 1.165) is 50.9 Å². The molecule has 0 aliphatic heterocycles. The van der Waals surface area contributed by atoms with Crippen LogP contribution in [0.2, 0.25) is 0 Å². The number of guanidine groups is 1. The summed E-state index contributed by atoms with van der Waals surface area (Å²) in [7, 11) is 1.79. The zero-order valence-corrected chi connectivity index (χ0v) is 18.2. The maximum Gasteiger partial charge on any atom is 0.191 e. The average molecular weight is 474 g/mol. The van der Waals surface area contributed by atoms with E-state index in [4.69, 9.17) is 4.42 Å². The molecule has 2 N–H and O–H groups in total. The number of halogens is 1. The number of furan rings is 1. The normalized spacial score (nSPS) is 12.7. The van der Waals surface area contributed by atoms with Gasteiger partial charge in [-0.05, 0) is 37.7 Å². The van der Waals surface area contributed by atoms with Crippen LogP contribution in [0.5, 0.6) is 0 Å². The topological polar surface area (TPSA) is 70.6 Å². The summed E-state index contributed by atoms with van der Waals surface area (Å²) in [4.78, 5) is 6.68. The lowest BCUT2D eigenvalue weighted by molar-refractivity contribution is 0.193. The molecule has 1 atom stereocenters. The predicted molar refractivity (Wildman–Crippen MR) is 116 cm³/mol. The highest BCUT2D eigenvalue weighted by atomic mass is 127. The van der Waals surface area contributed by atoms with Crippen LogP contribution in [0.3, 0.4) is 0 Å². The van der Waals surface area contributed by atoms with Crippen molar-refractivity contribution in [1.82, 2.24) is 25.3 Å². The third kappa shape index (κ3) is 6.99. The second-order valence-corrected chi connectivity index (χ2v) is 5.76. The first-order chi connectivity index (χ1) is 12.3. The molecule has 0 radical (unpaired) electrons. The summed E-state index contributed by atoms with van der Waals surface area (Å²) in [5.74, 6) is 1.79. The Morgan fingerprint density at radius 2 is 2.12 bits per heavy atom. The molecule has 2 aromatic rings. The van der Waals surface area contributed by atoms with Gasteiger partial charge in [-0.25, -0.2) is 0 Å². The van der Waals surface area contributed by atoms with Crippen LogP contribution in [-0.4, -0.2) is 53.9 Å². The standard InChI is InChI=1S/C18H30N6O.HI/c1-4-23(5-2)16(17-9-6-14-25-17)15-21-18(19-3)20-10-7-12-24-13-8-11-22-24;/h6,8-9,11,13-14,16H,4-5,7,10,12,15H2,1-3H3,(H2,19,20,21);1H. The minimum Gasteiger partial charge on any atom is -0.468 e. The Morgan fingerprint density at radius 1 is 1.31 bits per heavy atom. The Hall–Kier alpha value is -1.55. The Morgan fingerprint density at radius 3 is 2.69 bits per heavy atom. The van der Waals surface area contributed by atoms with Crippen molar-refractivity contribution in [3.05, 3.63) is 42.6 Å². The van der Waals surface area contributed by atoms with Crippen LogP contribution in [0.1, 0.15) is 32.1 Å². The van der Waals surface area contributed by atoms with Crippen molar-refractivity contribution in [3.63, 3.8) is 0 Å². The largest absolute Gasteiger partial charge is 0.468 e. The van der Waals surface area contributed by atoms with Gasteiger partial charge in [0.15, 0.2) is 5.96 Å². The molecule has 0 aliphatic rings. The number of nitrogens with zero attached hydrogens (tertiary/aromatic N) is 4. The number of hydrogen-bond acceptors (Lipinski definition) is 4. The Labute approximate surface area is 173 Å². The SMILES string of the molecule is CCN(CC)C(CNC(=NC)NCCCn1cccn1)c1ccco1.I. The fraction of sp³-hybridized carbons (Fsp3) is 0.556. The number of aromatic nitrogens is 2. The van der Waals surface area contributed by atoms with Crippen LogP contribution in [0.25, 0.3) is 0 Å². The molecule has 8 heteroatoms. The fourth-order valence-corrected chi connectivity index (χ4v) is 2.85. The van der Waals surface area contributed by atoms with E-state index in [1.54, 1.807) is 19.5 Å². The van der Waals surface area contributed by atoms with Gasteiger partial charge in [0.2, 0.25) is 0 Å². The third-order valence-corrected chi connectivity index (χ3v) is 4.23. The zero-order valence-electron chi connectivity index (χ0n) is 15.9. The van der Waals surface area contributed by atoms with Crippen LogP contribution in [-0.2, 0) is 6.54 Å². The summed E-state index contributed by atoms with van der Waals surface area (Å²) in [6.45, 7) is 8.76. The van der Waals surface area contributed by atoms with Crippen molar-refractivity contribution in [1.29, 1.82) is 0 Å². The molecule has 2 heterocycles. The fourth-order valence-electron chi connectivity index (χ4n) is 2.85. The second-order valence-electron chi connectivity index (χ2n) is 5.76. The van der Waals surface area contributed by atoms with Crippen molar-refractivity contribution in [2.75, 3.05) is 33.2 Å². The second kappa shape index (κ2) is 12.7. The molecule has 146 valence electrons. The van der Waals surface area contributed by atoms with Gasteiger partial charge in [-0.1, -0.05) is 13.8 Å². The van der Waals surface area contributed by atoms with Crippen molar-refractivity contribution in [3.8, 4) is 0 Å². The minimum atomic E-state index is 0. The van der Waals surface area contributed by atoms with E-state index in [-0.39, 0.29) is 30.0 Å². The molecule has 0 amide bonds. The predicted octanol–water partition coefficient (Wildman–Crippen LogP) is 2.73. The molecule has 0 aromatic carbocycles. The van der Waals surface area contributed by atoms with E-state index in [2.05, 4.69) is 39.5 Å². The molecule has 7 nitrogen and oxygen atoms in total. The Bertz CT molecular complexity index is 595. The van der Waals surface area contributed by atoms with Crippen molar-refractivity contribution < 1.29 is 4.42 Å². The summed E-state index contributed by atoms with van der Waals surface area (Å²) in [6, 6.07) is 6.10. The molecule has 26 heavy (non-hydrogen) atoms. The van der Waals surface area contributed by atoms with E-state index in [1.807, 2.05) is 29.1 Å². The van der Waals surface area contributed by atoms with Crippen LogP contribution < -0.4 is 10.6 Å². The summed E-state index contributed by atoms with van der Waals surface area (Å²) in [5.41, 5.74) is 0. The number of aryl methyl sites for hydroxylation is 1. The van der Waals surface area contributed by atoms with E-state index < -0.39 is 0 Å². The highest BCUT2D eigenvalue weighted by Crippen LogP contribution is 2.20. The average Bonchev–Trinajstić information content (AvgIpc) is 3.34.